The van der Waals surface area contributed by atoms with Crippen molar-refractivity contribution in [2.75, 3.05) is 13.1 Å². The Labute approximate surface area is 145 Å². The van der Waals surface area contributed by atoms with Crippen LogP contribution in [0.15, 0.2) is 24.3 Å². The third-order valence-electron chi connectivity index (χ3n) is 5.92. The van der Waals surface area contributed by atoms with E-state index in [-0.39, 0.29) is 18.2 Å². The van der Waals surface area contributed by atoms with Crippen molar-refractivity contribution in [1.82, 2.24) is 4.90 Å². The van der Waals surface area contributed by atoms with Crippen LogP contribution < -0.4 is 0 Å². The number of benzene rings is 1. The van der Waals surface area contributed by atoms with E-state index >= 15 is 0 Å². The van der Waals surface area contributed by atoms with Crippen LogP contribution in [0.5, 0.6) is 0 Å². The number of hydrogen-bond acceptors (Lipinski definition) is 2. The highest BCUT2D eigenvalue weighted by Gasteiger charge is 2.48. The van der Waals surface area contributed by atoms with Crippen LogP contribution in [0.4, 0.5) is 13.2 Å². The molecule has 1 N–H and O–H groups in total. The lowest BCUT2D eigenvalue weighted by atomic mass is 9.69. The summed E-state index contributed by atoms with van der Waals surface area (Å²) in [5, 5.41) is 10.8. The maximum atomic E-state index is 12.6. The minimum Gasteiger partial charge on any atom is -0.390 e. The minimum atomic E-state index is -4.36. The highest BCUT2D eigenvalue weighted by molar-refractivity contribution is 5.79. The van der Waals surface area contributed by atoms with Crippen molar-refractivity contribution in [3.63, 3.8) is 0 Å². The number of fused-ring (bicyclic) bond motifs is 1. The van der Waals surface area contributed by atoms with Gasteiger partial charge in [0.25, 0.3) is 0 Å². The maximum absolute atomic E-state index is 12.6. The van der Waals surface area contributed by atoms with Crippen molar-refractivity contribution in [1.29, 1.82) is 0 Å². The summed E-state index contributed by atoms with van der Waals surface area (Å²) in [6.45, 7) is 3.18. The zero-order chi connectivity index (χ0) is 18.2. The van der Waals surface area contributed by atoms with Gasteiger partial charge in [0, 0.05) is 19.0 Å². The molecule has 3 rings (SSSR count). The highest BCUT2D eigenvalue weighted by atomic mass is 19.4. The summed E-state index contributed by atoms with van der Waals surface area (Å²) >= 11 is 0. The summed E-state index contributed by atoms with van der Waals surface area (Å²) in [4.78, 5) is 14.3. The molecule has 3 atom stereocenters. The minimum absolute atomic E-state index is 0.0763. The summed E-state index contributed by atoms with van der Waals surface area (Å²) in [5.41, 5.74) is -0.811. The smallest absolute Gasteiger partial charge is 0.390 e. The van der Waals surface area contributed by atoms with Crippen LogP contribution >= 0.6 is 0 Å². The topological polar surface area (TPSA) is 40.5 Å². The predicted molar refractivity (Wildman–Crippen MR) is 87.8 cm³/mol. The fourth-order valence-electron chi connectivity index (χ4n) is 4.37. The zero-order valence-corrected chi connectivity index (χ0v) is 14.4. The number of carbonyl (C=O) groups is 1. The molecule has 2 fully saturated rings. The lowest BCUT2D eigenvalue weighted by Crippen LogP contribution is -2.44. The quantitative estimate of drug-likeness (QED) is 0.899. The zero-order valence-electron chi connectivity index (χ0n) is 14.4. The van der Waals surface area contributed by atoms with E-state index in [0.717, 1.165) is 31.4 Å². The van der Waals surface area contributed by atoms with Crippen molar-refractivity contribution in [3.8, 4) is 0 Å². The van der Waals surface area contributed by atoms with Crippen molar-refractivity contribution in [2.45, 2.75) is 50.8 Å². The van der Waals surface area contributed by atoms with Gasteiger partial charge in [0.05, 0.1) is 17.6 Å². The number of hydrogen-bond donors (Lipinski definition) is 1. The number of likely N-dealkylation sites (tertiary alicyclic amines) is 1. The van der Waals surface area contributed by atoms with Gasteiger partial charge in [0.2, 0.25) is 5.91 Å². The summed E-state index contributed by atoms with van der Waals surface area (Å²) in [7, 11) is 0. The molecule has 1 aliphatic carbocycles. The first-order valence-corrected chi connectivity index (χ1v) is 8.89. The number of halogens is 3. The molecular formula is C19H24F3NO2. The lowest BCUT2D eigenvalue weighted by molar-refractivity contribution is -0.137. The Hall–Kier alpha value is -1.56. The molecule has 1 saturated heterocycles. The van der Waals surface area contributed by atoms with Gasteiger partial charge >= 0.3 is 6.18 Å². The van der Waals surface area contributed by atoms with E-state index in [0.29, 0.717) is 31.0 Å². The second kappa shape index (κ2) is 6.63. The third kappa shape index (κ3) is 3.68. The van der Waals surface area contributed by atoms with Crippen LogP contribution in [0.1, 0.15) is 43.7 Å². The number of amides is 1. The molecule has 0 aromatic heterocycles. The molecule has 3 nitrogen and oxygen atoms in total. The van der Waals surface area contributed by atoms with Crippen molar-refractivity contribution in [2.24, 2.45) is 11.8 Å². The van der Waals surface area contributed by atoms with E-state index in [2.05, 4.69) is 0 Å². The van der Waals surface area contributed by atoms with Crippen LogP contribution in [0.2, 0.25) is 0 Å². The molecule has 1 heterocycles. The van der Waals surface area contributed by atoms with Gasteiger partial charge in [0.1, 0.15) is 0 Å². The molecule has 138 valence electrons. The molecular weight excluding hydrogens is 331 g/mol. The van der Waals surface area contributed by atoms with Gasteiger partial charge in [0.15, 0.2) is 0 Å². The second-order valence-corrected chi connectivity index (χ2v) is 7.39. The van der Waals surface area contributed by atoms with Crippen LogP contribution in [0.3, 0.4) is 0 Å². The Morgan fingerprint density at radius 1 is 1.28 bits per heavy atom. The van der Waals surface area contributed by atoms with Crippen LogP contribution in [0.25, 0.3) is 0 Å². The largest absolute Gasteiger partial charge is 0.416 e. The van der Waals surface area contributed by atoms with Crippen LogP contribution in [-0.4, -0.2) is 34.6 Å². The first-order chi connectivity index (χ1) is 11.7. The molecule has 1 aromatic carbocycles. The van der Waals surface area contributed by atoms with E-state index in [1.807, 2.05) is 6.92 Å². The fourth-order valence-corrected chi connectivity index (χ4v) is 4.37. The summed E-state index contributed by atoms with van der Waals surface area (Å²) in [6, 6.07) is 4.77. The monoisotopic (exact) mass is 355 g/mol. The van der Waals surface area contributed by atoms with Crippen LogP contribution in [-0.2, 0) is 17.4 Å². The predicted octanol–water partition coefficient (Wildman–Crippen LogP) is 3.65. The second-order valence-electron chi connectivity index (χ2n) is 7.39. The summed E-state index contributed by atoms with van der Waals surface area (Å²) in [5.74, 6) is 0.366. The molecule has 1 amide bonds. The van der Waals surface area contributed by atoms with E-state index < -0.39 is 17.3 Å². The average Bonchev–Trinajstić information content (AvgIpc) is 3.01. The van der Waals surface area contributed by atoms with Crippen molar-refractivity contribution >= 4 is 5.91 Å². The SMILES string of the molecule is CC[C@@]1(O)CCC[C@@H]2CN(C(=O)Cc3ccc(C(F)(F)F)cc3)C[C@@H]21. The molecule has 0 spiro atoms. The molecule has 0 radical (unpaired) electrons. The van der Waals surface area contributed by atoms with Gasteiger partial charge in [-0.3, -0.25) is 4.79 Å². The maximum Gasteiger partial charge on any atom is 0.416 e. The lowest BCUT2D eigenvalue weighted by Gasteiger charge is -2.40. The van der Waals surface area contributed by atoms with E-state index in [9.17, 15) is 23.1 Å². The Kier molecular flexibility index (Phi) is 4.84. The van der Waals surface area contributed by atoms with Gasteiger partial charge < -0.3 is 10.0 Å². The Balaban J connectivity index is 1.65. The van der Waals surface area contributed by atoms with E-state index in [4.69, 9.17) is 0 Å². The standard InChI is InChI=1S/C19H24F3NO2/c1-2-18(25)9-3-4-14-11-23(12-16(14)18)17(24)10-13-5-7-15(8-6-13)19(20,21)22/h5-8,14,16,25H,2-4,9-12H2,1H3/t14-,16+,18-/m1/s1. The van der Waals surface area contributed by atoms with E-state index in [1.54, 1.807) is 4.90 Å². The van der Waals surface area contributed by atoms with Gasteiger partial charge in [-0.15, -0.1) is 0 Å². The van der Waals surface area contributed by atoms with Crippen molar-refractivity contribution < 1.29 is 23.1 Å². The Morgan fingerprint density at radius 2 is 1.96 bits per heavy atom. The van der Waals surface area contributed by atoms with Gasteiger partial charge in [-0.2, -0.15) is 13.2 Å². The number of nitrogens with zero attached hydrogens (tertiary/aromatic N) is 1. The first kappa shape index (κ1) is 18.2. The Bertz CT molecular complexity index is 629. The van der Waals surface area contributed by atoms with Crippen molar-refractivity contribution in [3.05, 3.63) is 35.4 Å². The summed E-state index contributed by atoms with van der Waals surface area (Å²) in [6.07, 6.45) is -0.788. The highest BCUT2D eigenvalue weighted by Crippen LogP contribution is 2.44. The average molecular weight is 355 g/mol. The summed E-state index contributed by atoms with van der Waals surface area (Å²) < 4.78 is 37.8. The normalized spacial score (nSPS) is 29.6. The first-order valence-electron chi connectivity index (χ1n) is 8.89. The van der Waals surface area contributed by atoms with E-state index in [1.165, 1.54) is 12.1 Å². The number of rotatable bonds is 3. The molecule has 1 aromatic rings. The molecule has 2 aliphatic rings. The van der Waals surface area contributed by atoms with Crippen LogP contribution in [0, 0.1) is 11.8 Å². The molecule has 1 saturated carbocycles. The molecule has 25 heavy (non-hydrogen) atoms. The van der Waals surface area contributed by atoms with Gasteiger partial charge in [-0.05, 0) is 42.9 Å². The molecule has 0 bridgehead atoms. The fraction of sp³-hybridized carbons (Fsp3) is 0.632. The number of aliphatic hydroxyl groups is 1. The van der Waals surface area contributed by atoms with Gasteiger partial charge in [-0.1, -0.05) is 25.5 Å². The Morgan fingerprint density at radius 3 is 2.56 bits per heavy atom. The number of alkyl halides is 3. The van der Waals surface area contributed by atoms with Gasteiger partial charge in [-0.25, -0.2) is 0 Å². The number of carbonyl (C=O) groups excluding carboxylic acids is 1. The molecule has 6 heteroatoms. The third-order valence-corrected chi connectivity index (χ3v) is 5.92. The molecule has 1 aliphatic heterocycles. The molecule has 0 unspecified atom stereocenters.